The van der Waals surface area contributed by atoms with Crippen molar-refractivity contribution in [2.45, 2.75) is 38.5 Å². The Morgan fingerprint density at radius 2 is 1.91 bits per heavy atom. The molecule has 0 aliphatic carbocycles. The van der Waals surface area contributed by atoms with Crippen molar-refractivity contribution in [1.82, 2.24) is 19.3 Å². The van der Waals surface area contributed by atoms with E-state index in [9.17, 15) is 9.59 Å². The summed E-state index contributed by atoms with van der Waals surface area (Å²) in [4.78, 5) is 32.6. The lowest BCUT2D eigenvalue weighted by molar-refractivity contribution is -0.114. The van der Waals surface area contributed by atoms with Gasteiger partial charge in [-0.25, -0.2) is 4.98 Å². The maximum absolute atomic E-state index is 10.3. The maximum atomic E-state index is 10.3. The predicted octanol–water partition coefficient (Wildman–Crippen LogP) is 3.80. The molecule has 5 N–H and O–H groups in total. The molecule has 4 rings (SSSR count). The molecule has 0 saturated heterocycles. The lowest BCUT2D eigenvalue weighted by Crippen LogP contribution is -2.11. The average molecular weight is 469 g/mol. The van der Waals surface area contributed by atoms with E-state index in [1.807, 2.05) is 30.9 Å². The smallest absolute Gasteiger partial charge is 0.267 e. The van der Waals surface area contributed by atoms with Crippen LogP contribution in [0.3, 0.4) is 0 Å². The summed E-state index contributed by atoms with van der Waals surface area (Å²) in [7, 11) is 1.50. The Hall–Kier alpha value is -3.17. The van der Waals surface area contributed by atoms with Crippen LogP contribution in [0.2, 0.25) is 0 Å². The van der Waals surface area contributed by atoms with Crippen LogP contribution in [0, 0.1) is 0 Å². The van der Waals surface area contributed by atoms with Gasteiger partial charge in [-0.2, -0.15) is 0 Å². The summed E-state index contributed by atoms with van der Waals surface area (Å²) in [5.41, 5.74) is 12.2. The quantitative estimate of drug-likeness (QED) is 0.234. The topological polar surface area (TPSA) is 131 Å². The van der Waals surface area contributed by atoms with Crippen molar-refractivity contribution in [2.24, 2.45) is 11.5 Å². The van der Waals surface area contributed by atoms with Gasteiger partial charge in [-0.05, 0) is 49.4 Å². The van der Waals surface area contributed by atoms with E-state index in [-0.39, 0.29) is 5.91 Å². The number of unbranched alkanes of at least 4 members (excludes halogenated alkanes) is 4. The second kappa shape index (κ2) is 14.1. The third-order valence-electron chi connectivity index (χ3n) is 4.92. The van der Waals surface area contributed by atoms with Crippen molar-refractivity contribution < 1.29 is 9.59 Å². The minimum absolute atomic E-state index is 0.348. The van der Waals surface area contributed by atoms with E-state index in [4.69, 9.17) is 5.73 Å². The number of H-pyrrole nitrogens is 1. The zero-order chi connectivity index (χ0) is 24.1. The van der Waals surface area contributed by atoms with Gasteiger partial charge in [0.15, 0.2) is 0 Å². The molecule has 2 aromatic heterocycles. The van der Waals surface area contributed by atoms with E-state index in [0.29, 0.717) is 12.1 Å². The highest BCUT2D eigenvalue weighted by Crippen LogP contribution is 2.27. The van der Waals surface area contributed by atoms with Crippen LogP contribution in [0.1, 0.15) is 37.9 Å². The fraction of sp³-hybridized carbons (Fsp3) is 0.333. The molecule has 1 aliphatic rings. The van der Waals surface area contributed by atoms with Gasteiger partial charge in [0.2, 0.25) is 0 Å². The minimum Gasteiger partial charge on any atom is -0.364 e. The number of nitrogens with zero attached hydrogens (tertiary/aromatic N) is 3. The number of amides is 1. The highest BCUT2D eigenvalue weighted by atomic mass is 32.2. The standard InChI is InChI=1S/C19H21N3O.C4H6N2OS.CH5N/c23-11-5-3-1-2-4-6-19-21-14-18(22-19)16-8-7-15-9-10-20-13-17(15)12-16;1-8-6-2-3(6)4(5)7;1-2/h7-14H,1-6H2,(H,21,22);2H,1H3,(H2,5,7);2H2,1H3. The molecule has 0 bridgehead atoms. The number of imidazole rings is 1. The van der Waals surface area contributed by atoms with Crippen LogP contribution in [0.5, 0.6) is 0 Å². The number of nitrogens with two attached hydrogens (primary N) is 2. The molecule has 3 aromatic rings. The Morgan fingerprint density at radius 1 is 1.12 bits per heavy atom. The monoisotopic (exact) mass is 468 g/mol. The van der Waals surface area contributed by atoms with Gasteiger partial charge in [0.1, 0.15) is 17.8 Å². The number of aryl methyl sites for hydroxylation is 1. The van der Waals surface area contributed by atoms with Gasteiger partial charge in [0.25, 0.3) is 5.91 Å². The molecule has 0 atom stereocenters. The fourth-order valence-corrected chi connectivity index (χ4v) is 3.66. The maximum Gasteiger partial charge on any atom is 0.267 e. The Balaban J connectivity index is 0.000000323. The van der Waals surface area contributed by atoms with Crippen LogP contribution in [0.15, 0.2) is 54.8 Å². The van der Waals surface area contributed by atoms with E-state index in [1.54, 1.807) is 10.5 Å². The fourth-order valence-electron chi connectivity index (χ4n) is 3.17. The zero-order valence-electron chi connectivity index (χ0n) is 19.2. The number of pyridine rings is 1. The number of hydrogen-bond acceptors (Lipinski definition) is 7. The summed E-state index contributed by atoms with van der Waals surface area (Å²) >= 11 is 1.47. The summed E-state index contributed by atoms with van der Waals surface area (Å²) in [5.74, 6) is 0.682. The zero-order valence-corrected chi connectivity index (χ0v) is 20.0. The second-order valence-corrected chi connectivity index (χ2v) is 7.95. The molecule has 0 radical (unpaired) electrons. The molecule has 9 heteroatoms. The van der Waals surface area contributed by atoms with Crippen LogP contribution in [0.4, 0.5) is 0 Å². The first-order valence-corrected chi connectivity index (χ1v) is 12.0. The highest BCUT2D eigenvalue weighted by Gasteiger charge is 2.24. The van der Waals surface area contributed by atoms with Crippen molar-refractivity contribution in [3.63, 3.8) is 0 Å². The first-order valence-electron chi connectivity index (χ1n) is 10.9. The van der Waals surface area contributed by atoms with E-state index in [2.05, 4.69) is 38.9 Å². The van der Waals surface area contributed by atoms with Crippen LogP contribution < -0.4 is 11.5 Å². The van der Waals surface area contributed by atoms with Gasteiger partial charge in [-0.3, -0.25) is 14.1 Å². The number of aromatic nitrogens is 3. The molecule has 0 spiro atoms. The third-order valence-corrected chi connectivity index (χ3v) is 5.62. The lowest BCUT2D eigenvalue weighted by atomic mass is 10.1. The molecule has 1 amide bonds. The van der Waals surface area contributed by atoms with Gasteiger partial charge in [0, 0.05) is 48.6 Å². The molecule has 0 fully saturated rings. The van der Waals surface area contributed by atoms with Crippen molar-refractivity contribution in [3.05, 3.63) is 60.6 Å². The number of nitrogens with one attached hydrogen (secondary N) is 1. The van der Waals surface area contributed by atoms with Gasteiger partial charge in [0.05, 0.1) is 11.9 Å². The summed E-state index contributed by atoms with van der Waals surface area (Å²) < 4.78 is 1.72. The molecule has 3 heterocycles. The first kappa shape index (κ1) is 26.1. The lowest BCUT2D eigenvalue weighted by Gasteiger charge is -2.01. The minimum atomic E-state index is -0.348. The molecule has 33 heavy (non-hydrogen) atoms. The average Bonchev–Trinajstić information content (AvgIpc) is 3.52. The number of carbonyl (C=O) groups excluding carboxylic acids is 2. The molecular formula is C24H32N6O2S. The second-order valence-electron chi connectivity index (χ2n) is 7.19. The summed E-state index contributed by atoms with van der Waals surface area (Å²) in [6, 6.07) is 8.38. The van der Waals surface area contributed by atoms with Crippen LogP contribution >= 0.6 is 11.9 Å². The molecule has 0 saturated carbocycles. The van der Waals surface area contributed by atoms with Gasteiger partial charge >= 0.3 is 0 Å². The number of aromatic amines is 1. The molecule has 1 aromatic carbocycles. The van der Waals surface area contributed by atoms with Crippen molar-refractivity contribution >= 4 is 34.9 Å². The van der Waals surface area contributed by atoms with Gasteiger partial charge in [-0.1, -0.05) is 25.0 Å². The van der Waals surface area contributed by atoms with E-state index in [0.717, 1.165) is 60.9 Å². The Labute approximate surface area is 199 Å². The summed E-state index contributed by atoms with van der Waals surface area (Å²) in [6.07, 6.45) is 16.2. The number of primary amides is 1. The number of benzene rings is 1. The molecular weight excluding hydrogens is 436 g/mol. The molecule has 8 nitrogen and oxygen atoms in total. The molecule has 1 aliphatic heterocycles. The van der Waals surface area contributed by atoms with E-state index < -0.39 is 0 Å². The number of rotatable bonds is 10. The Morgan fingerprint density at radius 3 is 2.58 bits per heavy atom. The van der Waals surface area contributed by atoms with Gasteiger partial charge < -0.3 is 21.2 Å². The number of hydrogen-bond donors (Lipinski definition) is 3. The van der Waals surface area contributed by atoms with Crippen molar-refractivity contribution in [3.8, 4) is 11.3 Å². The van der Waals surface area contributed by atoms with Crippen LogP contribution in [0.25, 0.3) is 22.0 Å². The number of fused-ring (bicyclic) bond motifs is 1. The largest absolute Gasteiger partial charge is 0.364 e. The normalized spacial score (nSPS) is 11.6. The SMILES string of the molecule is CN.CSN1C=C1C(N)=O.O=CCCCCCCc1ncc(-c2ccc3ccncc3c2)[nH]1. The Bertz CT molecular complexity index is 1070. The van der Waals surface area contributed by atoms with Crippen molar-refractivity contribution in [2.75, 3.05) is 13.3 Å². The van der Waals surface area contributed by atoms with Gasteiger partial charge in [-0.15, -0.1) is 0 Å². The van der Waals surface area contributed by atoms with Crippen LogP contribution in [-0.2, 0) is 16.0 Å². The third kappa shape index (κ3) is 8.36. The predicted molar refractivity (Wildman–Crippen MR) is 135 cm³/mol. The van der Waals surface area contributed by atoms with Crippen molar-refractivity contribution in [1.29, 1.82) is 0 Å². The summed E-state index contributed by atoms with van der Waals surface area (Å²) in [6.45, 7) is 0. The Kier molecular flexibility index (Phi) is 11.1. The van der Waals surface area contributed by atoms with Crippen LogP contribution in [-0.4, -0.2) is 44.8 Å². The number of carbonyl (C=O) groups is 2. The number of aldehydes is 1. The summed E-state index contributed by atoms with van der Waals surface area (Å²) in [5, 5.41) is 2.33. The first-order chi connectivity index (χ1) is 16.1. The molecule has 176 valence electrons. The van der Waals surface area contributed by atoms with E-state index in [1.165, 1.54) is 24.4 Å². The van der Waals surface area contributed by atoms with E-state index >= 15 is 0 Å². The highest BCUT2D eigenvalue weighted by molar-refractivity contribution is 7.96. The molecule has 0 unspecified atom stereocenters.